The fourth-order valence-electron chi connectivity index (χ4n) is 1.03. The lowest BCUT2D eigenvalue weighted by Gasteiger charge is -2.05. The van der Waals surface area contributed by atoms with Gasteiger partial charge in [-0.3, -0.25) is 4.98 Å². The monoisotopic (exact) mass is 228 g/mol. The first kappa shape index (κ1) is 9.68. The Balaban J connectivity index is 2.82. The molecule has 0 aliphatic rings. The van der Waals surface area contributed by atoms with E-state index >= 15 is 0 Å². The Bertz CT molecular complexity index is 271. The summed E-state index contributed by atoms with van der Waals surface area (Å²) < 4.78 is 1.06. The molecule has 1 atom stereocenters. The average Bonchev–Trinajstić information content (AvgIpc) is 1.96. The van der Waals surface area contributed by atoms with E-state index in [1.54, 1.807) is 0 Å². The quantitative estimate of drug-likeness (QED) is 0.842. The fraction of sp³-hybridized carbons (Fsp3) is 0.444. The zero-order valence-electron chi connectivity index (χ0n) is 7.34. The van der Waals surface area contributed by atoms with E-state index in [9.17, 15) is 0 Å². The van der Waals surface area contributed by atoms with Gasteiger partial charge in [0, 0.05) is 16.7 Å². The van der Waals surface area contributed by atoms with E-state index < -0.39 is 0 Å². The highest BCUT2D eigenvalue weighted by Crippen LogP contribution is 2.15. The predicted molar refractivity (Wildman–Crippen MR) is 54.0 cm³/mol. The standard InChI is InChI=1S/C9H13BrN2/c1-6(11)3-8-4-9(10)7(2)12-5-8/h4-6H,3,11H2,1-2H3. The van der Waals surface area contributed by atoms with Crippen molar-refractivity contribution in [1.82, 2.24) is 4.98 Å². The Hall–Kier alpha value is -0.410. The normalized spacial score (nSPS) is 13.0. The molecule has 66 valence electrons. The molecule has 1 aromatic rings. The molecule has 0 amide bonds. The molecule has 12 heavy (non-hydrogen) atoms. The van der Waals surface area contributed by atoms with Gasteiger partial charge < -0.3 is 5.73 Å². The number of hydrogen-bond acceptors (Lipinski definition) is 2. The zero-order chi connectivity index (χ0) is 9.14. The van der Waals surface area contributed by atoms with Gasteiger partial charge in [0.05, 0.1) is 5.69 Å². The molecule has 0 aromatic carbocycles. The molecule has 0 saturated carbocycles. The summed E-state index contributed by atoms with van der Waals surface area (Å²) in [6, 6.07) is 2.27. The van der Waals surface area contributed by atoms with Crippen molar-refractivity contribution in [3.05, 3.63) is 28.0 Å². The molecule has 3 heteroatoms. The van der Waals surface area contributed by atoms with E-state index in [1.165, 1.54) is 5.56 Å². The molecule has 0 aliphatic carbocycles. The molecule has 0 aliphatic heterocycles. The van der Waals surface area contributed by atoms with Crippen LogP contribution in [0.2, 0.25) is 0 Å². The summed E-state index contributed by atoms with van der Waals surface area (Å²) in [6.45, 7) is 3.97. The van der Waals surface area contributed by atoms with Crippen LogP contribution in [0.4, 0.5) is 0 Å². The van der Waals surface area contributed by atoms with Gasteiger partial charge in [0.1, 0.15) is 0 Å². The summed E-state index contributed by atoms with van der Waals surface area (Å²) >= 11 is 3.43. The molecule has 2 nitrogen and oxygen atoms in total. The van der Waals surface area contributed by atoms with Crippen molar-refractivity contribution >= 4 is 15.9 Å². The van der Waals surface area contributed by atoms with Crippen LogP contribution in [0.15, 0.2) is 16.7 Å². The van der Waals surface area contributed by atoms with Gasteiger partial charge >= 0.3 is 0 Å². The molecular weight excluding hydrogens is 216 g/mol. The number of pyridine rings is 1. The van der Waals surface area contributed by atoms with Gasteiger partial charge in [-0.1, -0.05) is 0 Å². The summed E-state index contributed by atoms with van der Waals surface area (Å²) in [7, 11) is 0. The van der Waals surface area contributed by atoms with Crippen LogP contribution in [0.1, 0.15) is 18.2 Å². The van der Waals surface area contributed by atoms with E-state index in [0.717, 1.165) is 16.6 Å². The van der Waals surface area contributed by atoms with Gasteiger partial charge in [-0.2, -0.15) is 0 Å². The van der Waals surface area contributed by atoms with Gasteiger partial charge in [-0.05, 0) is 47.8 Å². The Labute approximate surface area is 81.3 Å². The number of nitrogens with two attached hydrogens (primary N) is 1. The Morgan fingerprint density at radius 2 is 2.33 bits per heavy atom. The van der Waals surface area contributed by atoms with Gasteiger partial charge in [-0.15, -0.1) is 0 Å². The molecule has 0 spiro atoms. The fourth-order valence-corrected chi connectivity index (χ4v) is 1.43. The van der Waals surface area contributed by atoms with Crippen LogP contribution >= 0.6 is 15.9 Å². The molecular formula is C9H13BrN2. The van der Waals surface area contributed by atoms with Gasteiger partial charge in [-0.25, -0.2) is 0 Å². The van der Waals surface area contributed by atoms with Gasteiger partial charge in [0.2, 0.25) is 0 Å². The zero-order valence-corrected chi connectivity index (χ0v) is 8.93. The topological polar surface area (TPSA) is 38.9 Å². The van der Waals surface area contributed by atoms with Crippen molar-refractivity contribution in [1.29, 1.82) is 0 Å². The third kappa shape index (κ3) is 2.57. The Morgan fingerprint density at radius 3 is 2.83 bits per heavy atom. The maximum Gasteiger partial charge on any atom is 0.0514 e. The Kier molecular flexibility index (Phi) is 3.23. The van der Waals surface area contributed by atoms with E-state index in [2.05, 4.69) is 27.0 Å². The number of rotatable bonds is 2. The smallest absolute Gasteiger partial charge is 0.0514 e. The second-order valence-electron chi connectivity index (χ2n) is 3.09. The van der Waals surface area contributed by atoms with Crippen molar-refractivity contribution in [2.45, 2.75) is 26.3 Å². The van der Waals surface area contributed by atoms with Crippen molar-refractivity contribution in [3.8, 4) is 0 Å². The lowest BCUT2D eigenvalue weighted by atomic mass is 10.1. The van der Waals surface area contributed by atoms with Crippen LogP contribution in [0.3, 0.4) is 0 Å². The summed E-state index contributed by atoms with van der Waals surface area (Å²) in [5, 5.41) is 0. The number of halogens is 1. The van der Waals surface area contributed by atoms with Crippen molar-refractivity contribution in [3.63, 3.8) is 0 Å². The second kappa shape index (κ2) is 4.01. The maximum absolute atomic E-state index is 5.67. The molecule has 0 fully saturated rings. The lowest BCUT2D eigenvalue weighted by Crippen LogP contribution is -2.17. The average molecular weight is 229 g/mol. The predicted octanol–water partition coefficient (Wildman–Crippen LogP) is 2.04. The van der Waals surface area contributed by atoms with Crippen LogP contribution in [0.25, 0.3) is 0 Å². The van der Waals surface area contributed by atoms with Crippen LogP contribution < -0.4 is 5.73 Å². The third-order valence-electron chi connectivity index (χ3n) is 1.64. The molecule has 1 aromatic heterocycles. The second-order valence-corrected chi connectivity index (χ2v) is 3.95. The SMILES string of the molecule is Cc1ncc(CC(C)N)cc1Br. The number of hydrogen-bond donors (Lipinski definition) is 1. The van der Waals surface area contributed by atoms with Gasteiger partial charge in [0.25, 0.3) is 0 Å². The summed E-state index contributed by atoms with van der Waals surface area (Å²) in [5.74, 6) is 0. The molecule has 1 rings (SSSR count). The maximum atomic E-state index is 5.67. The first-order valence-electron chi connectivity index (χ1n) is 3.96. The molecule has 0 saturated heterocycles. The highest BCUT2D eigenvalue weighted by molar-refractivity contribution is 9.10. The highest BCUT2D eigenvalue weighted by Gasteiger charge is 2.00. The minimum Gasteiger partial charge on any atom is -0.328 e. The molecule has 1 heterocycles. The van der Waals surface area contributed by atoms with Crippen LogP contribution in [-0.4, -0.2) is 11.0 Å². The van der Waals surface area contributed by atoms with Gasteiger partial charge in [0.15, 0.2) is 0 Å². The molecule has 0 bridgehead atoms. The molecule has 0 radical (unpaired) electrons. The minimum absolute atomic E-state index is 0.196. The first-order valence-corrected chi connectivity index (χ1v) is 4.75. The van der Waals surface area contributed by atoms with Crippen molar-refractivity contribution < 1.29 is 0 Å². The van der Waals surface area contributed by atoms with E-state index in [0.29, 0.717) is 0 Å². The minimum atomic E-state index is 0.196. The third-order valence-corrected chi connectivity index (χ3v) is 2.44. The number of nitrogens with zero attached hydrogens (tertiary/aromatic N) is 1. The summed E-state index contributed by atoms with van der Waals surface area (Å²) in [5.41, 5.74) is 7.87. The van der Waals surface area contributed by atoms with E-state index in [-0.39, 0.29) is 6.04 Å². The number of aryl methyl sites for hydroxylation is 1. The lowest BCUT2D eigenvalue weighted by molar-refractivity contribution is 0.734. The van der Waals surface area contributed by atoms with Crippen LogP contribution in [-0.2, 0) is 6.42 Å². The number of aromatic nitrogens is 1. The summed E-state index contributed by atoms with van der Waals surface area (Å²) in [4.78, 5) is 4.23. The molecule has 1 unspecified atom stereocenters. The highest BCUT2D eigenvalue weighted by atomic mass is 79.9. The van der Waals surface area contributed by atoms with Crippen LogP contribution in [0, 0.1) is 6.92 Å². The Morgan fingerprint density at radius 1 is 1.67 bits per heavy atom. The first-order chi connectivity index (χ1) is 5.59. The van der Waals surface area contributed by atoms with E-state index in [4.69, 9.17) is 5.73 Å². The molecule has 2 N–H and O–H groups in total. The van der Waals surface area contributed by atoms with Crippen LogP contribution in [0.5, 0.6) is 0 Å². The van der Waals surface area contributed by atoms with E-state index in [1.807, 2.05) is 20.0 Å². The summed E-state index contributed by atoms with van der Waals surface area (Å²) in [6.07, 6.45) is 2.76. The van der Waals surface area contributed by atoms with Crippen molar-refractivity contribution in [2.75, 3.05) is 0 Å². The van der Waals surface area contributed by atoms with Crippen molar-refractivity contribution in [2.24, 2.45) is 5.73 Å². The largest absolute Gasteiger partial charge is 0.328 e.